The van der Waals surface area contributed by atoms with E-state index < -0.39 is 17.8 Å². The van der Waals surface area contributed by atoms with Gasteiger partial charge < -0.3 is 14.3 Å². The van der Waals surface area contributed by atoms with Gasteiger partial charge in [0.1, 0.15) is 17.1 Å². The number of carboxylic acids is 1. The van der Waals surface area contributed by atoms with Gasteiger partial charge in [0.25, 0.3) is 11.8 Å². The Kier molecular flexibility index (Phi) is 5.27. The number of carboxylic acid groups (broad SMARTS) is 1. The lowest BCUT2D eigenvalue weighted by molar-refractivity contribution is 0.0696. The Balaban J connectivity index is 1.40. The fraction of sp³-hybridized carbons (Fsp3) is 0.0345. The van der Waals surface area contributed by atoms with Crippen molar-refractivity contribution in [3.63, 3.8) is 0 Å². The lowest BCUT2D eigenvalue weighted by Gasteiger charge is -2.18. The summed E-state index contributed by atoms with van der Waals surface area (Å²) in [7, 11) is 1.41. The third kappa shape index (κ3) is 3.68. The molecular formula is C29H17FN2O6. The molecule has 2 heterocycles. The number of nitrogens with zero attached hydrogens (tertiary/aromatic N) is 2. The smallest absolute Gasteiger partial charge is 0.335 e. The van der Waals surface area contributed by atoms with E-state index in [1.807, 2.05) is 12.1 Å². The summed E-state index contributed by atoms with van der Waals surface area (Å²) in [5.74, 6) is -2.27. The lowest BCUT2D eigenvalue weighted by Crippen LogP contribution is -2.29. The number of imide groups is 1. The molecule has 2 amide bonds. The molecule has 1 aliphatic rings. The van der Waals surface area contributed by atoms with Crippen molar-refractivity contribution in [3.8, 4) is 28.3 Å². The zero-order valence-corrected chi connectivity index (χ0v) is 19.8. The number of hydrogen-bond donors (Lipinski definition) is 1. The van der Waals surface area contributed by atoms with Crippen LogP contribution in [0.3, 0.4) is 0 Å². The first-order valence-electron chi connectivity index (χ1n) is 11.4. The molecule has 0 aliphatic carbocycles. The number of carbonyl (C=O) groups excluding carboxylic acids is 2. The summed E-state index contributed by atoms with van der Waals surface area (Å²) < 4.78 is 24.7. The van der Waals surface area contributed by atoms with Crippen molar-refractivity contribution in [1.29, 1.82) is 0 Å². The third-order valence-corrected chi connectivity index (χ3v) is 6.37. The topological polar surface area (TPSA) is 110 Å². The van der Waals surface area contributed by atoms with Gasteiger partial charge in [0.2, 0.25) is 5.89 Å². The molecule has 0 atom stereocenters. The van der Waals surface area contributed by atoms with E-state index in [-0.39, 0.29) is 39.8 Å². The normalized spacial score (nSPS) is 12.7. The van der Waals surface area contributed by atoms with Crippen molar-refractivity contribution in [2.24, 2.45) is 0 Å². The van der Waals surface area contributed by atoms with Crippen LogP contribution in [-0.4, -0.2) is 35.0 Å². The predicted octanol–water partition coefficient (Wildman–Crippen LogP) is 5.81. The van der Waals surface area contributed by atoms with Crippen molar-refractivity contribution >= 4 is 34.6 Å². The first-order chi connectivity index (χ1) is 18.3. The van der Waals surface area contributed by atoms with Gasteiger partial charge in [0.05, 0.1) is 29.5 Å². The van der Waals surface area contributed by atoms with Gasteiger partial charge >= 0.3 is 5.97 Å². The lowest BCUT2D eigenvalue weighted by atomic mass is 10.1. The van der Waals surface area contributed by atoms with Crippen molar-refractivity contribution in [2.75, 3.05) is 12.0 Å². The molecule has 0 bridgehead atoms. The van der Waals surface area contributed by atoms with Crippen molar-refractivity contribution in [3.05, 3.63) is 101 Å². The number of rotatable bonds is 5. The molecule has 4 aromatic carbocycles. The highest BCUT2D eigenvalue weighted by Crippen LogP contribution is 2.39. The summed E-state index contributed by atoms with van der Waals surface area (Å²) in [5.41, 5.74) is 3.40. The molecule has 0 radical (unpaired) electrons. The first kappa shape index (κ1) is 23.1. The van der Waals surface area contributed by atoms with E-state index in [0.29, 0.717) is 16.7 Å². The van der Waals surface area contributed by atoms with Crippen LogP contribution in [0, 0.1) is 5.82 Å². The van der Waals surface area contributed by atoms with E-state index in [0.717, 1.165) is 16.0 Å². The summed E-state index contributed by atoms with van der Waals surface area (Å²) in [6.45, 7) is 0. The molecule has 1 N–H and O–H groups in total. The minimum Gasteiger partial charge on any atom is -0.495 e. The van der Waals surface area contributed by atoms with Gasteiger partial charge in [-0.1, -0.05) is 18.2 Å². The predicted molar refractivity (Wildman–Crippen MR) is 136 cm³/mol. The van der Waals surface area contributed by atoms with Crippen LogP contribution < -0.4 is 9.64 Å². The van der Waals surface area contributed by atoms with Gasteiger partial charge in [-0.3, -0.25) is 9.59 Å². The molecular weight excluding hydrogens is 491 g/mol. The number of hydrogen-bond acceptors (Lipinski definition) is 6. The van der Waals surface area contributed by atoms with Gasteiger partial charge in [-0.2, -0.15) is 0 Å². The van der Waals surface area contributed by atoms with E-state index in [9.17, 15) is 23.9 Å². The standard InChI is InChI=1S/C29H17FN2O6/c1-37-25-11-6-17(14-23(25)32-27(33)20-9-4-18(29(35)36)12-21(20)28(32)34)26-31-22-13-16(5-10-24(22)38-26)15-2-7-19(30)8-3-15/h2-14H,1H3,(H,35,36). The van der Waals surface area contributed by atoms with Gasteiger partial charge in [-0.25, -0.2) is 19.1 Å². The van der Waals surface area contributed by atoms with E-state index >= 15 is 0 Å². The maximum absolute atomic E-state index is 13.3. The number of methoxy groups -OCH3 is 1. The Hall–Kier alpha value is -5.31. The maximum Gasteiger partial charge on any atom is 0.335 e. The fourth-order valence-electron chi connectivity index (χ4n) is 4.46. The molecule has 0 spiro atoms. The molecule has 38 heavy (non-hydrogen) atoms. The van der Waals surface area contributed by atoms with Gasteiger partial charge in [0, 0.05) is 5.56 Å². The number of anilines is 1. The molecule has 1 aromatic heterocycles. The second-order valence-electron chi connectivity index (χ2n) is 8.61. The molecule has 6 rings (SSSR count). The Morgan fingerprint density at radius 3 is 2.32 bits per heavy atom. The molecule has 5 aromatic rings. The third-order valence-electron chi connectivity index (χ3n) is 6.37. The Labute approximate surface area is 214 Å². The Morgan fingerprint density at radius 2 is 1.58 bits per heavy atom. The van der Waals surface area contributed by atoms with Crippen LogP contribution in [0.1, 0.15) is 31.1 Å². The fourth-order valence-corrected chi connectivity index (χ4v) is 4.46. The number of ether oxygens (including phenoxy) is 1. The van der Waals surface area contributed by atoms with Crippen molar-refractivity contribution in [1.82, 2.24) is 4.98 Å². The molecule has 9 heteroatoms. The first-order valence-corrected chi connectivity index (χ1v) is 11.4. The highest BCUT2D eigenvalue weighted by molar-refractivity contribution is 6.35. The van der Waals surface area contributed by atoms with Crippen LogP contribution in [0.15, 0.2) is 83.3 Å². The van der Waals surface area contributed by atoms with Crippen LogP contribution in [0.5, 0.6) is 5.75 Å². The Morgan fingerprint density at radius 1 is 0.868 bits per heavy atom. The molecule has 8 nitrogen and oxygen atoms in total. The number of fused-ring (bicyclic) bond motifs is 2. The molecule has 0 saturated heterocycles. The summed E-state index contributed by atoms with van der Waals surface area (Å²) in [5, 5.41) is 9.29. The highest BCUT2D eigenvalue weighted by Gasteiger charge is 2.39. The number of halogens is 1. The zero-order valence-electron chi connectivity index (χ0n) is 19.8. The average Bonchev–Trinajstić information content (AvgIpc) is 3.46. The van der Waals surface area contributed by atoms with Crippen molar-refractivity contribution < 1.29 is 33.0 Å². The van der Waals surface area contributed by atoms with Gasteiger partial charge in [0.15, 0.2) is 5.58 Å². The van der Waals surface area contributed by atoms with Crippen LogP contribution in [0.2, 0.25) is 0 Å². The van der Waals surface area contributed by atoms with Gasteiger partial charge in [-0.05, 0) is 71.8 Å². The summed E-state index contributed by atoms with van der Waals surface area (Å²) in [6.07, 6.45) is 0. The zero-order chi connectivity index (χ0) is 26.6. The summed E-state index contributed by atoms with van der Waals surface area (Å²) in [6, 6.07) is 20.2. The van der Waals surface area contributed by atoms with Gasteiger partial charge in [-0.15, -0.1) is 0 Å². The molecule has 0 fully saturated rings. The number of aromatic nitrogens is 1. The summed E-state index contributed by atoms with van der Waals surface area (Å²) in [4.78, 5) is 43.3. The second kappa shape index (κ2) is 8.67. The van der Waals surface area contributed by atoms with E-state index in [1.54, 1.807) is 36.4 Å². The molecule has 1 aliphatic heterocycles. The number of aromatic carboxylic acids is 1. The highest BCUT2D eigenvalue weighted by atomic mass is 19.1. The molecule has 186 valence electrons. The van der Waals surface area contributed by atoms with E-state index in [2.05, 4.69) is 4.98 Å². The summed E-state index contributed by atoms with van der Waals surface area (Å²) >= 11 is 0. The van der Waals surface area contributed by atoms with Crippen LogP contribution in [0.4, 0.5) is 10.1 Å². The Bertz CT molecular complexity index is 1790. The number of carbonyl (C=O) groups is 3. The number of oxazole rings is 1. The quantitative estimate of drug-likeness (QED) is 0.298. The van der Waals surface area contributed by atoms with Crippen LogP contribution >= 0.6 is 0 Å². The average molecular weight is 508 g/mol. The molecule has 0 saturated carbocycles. The number of amides is 2. The van der Waals surface area contributed by atoms with Crippen LogP contribution in [0.25, 0.3) is 33.7 Å². The minimum atomic E-state index is -1.20. The largest absolute Gasteiger partial charge is 0.495 e. The number of benzene rings is 4. The maximum atomic E-state index is 13.3. The van der Waals surface area contributed by atoms with Crippen molar-refractivity contribution in [2.45, 2.75) is 0 Å². The van der Waals surface area contributed by atoms with E-state index in [4.69, 9.17) is 9.15 Å². The van der Waals surface area contributed by atoms with E-state index in [1.165, 1.54) is 37.4 Å². The monoisotopic (exact) mass is 508 g/mol. The van der Waals surface area contributed by atoms with Crippen LogP contribution in [-0.2, 0) is 0 Å². The minimum absolute atomic E-state index is 0.00228. The second-order valence-corrected chi connectivity index (χ2v) is 8.61. The SMILES string of the molecule is COc1ccc(-c2nc3cc(-c4ccc(F)cc4)ccc3o2)cc1N1C(=O)c2ccc(C(=O)O)cc2C1=O. The molecule has 0 unspecified atom stereocenters.